The van der Waals surface area contributed by atoms with E-state index in [2.05, 4.69) is 19.1 Å². The van der Waals surface area contributed by atoms with Gasteiger partial charge in [0.2, 0.25) is 5.91 Å². The number of unbranched alkanes of at least 4 members (excludes halogenated alkanes) is 11. The molecule has 0 heterocycles. The van der Waals surface area contributed by atoms with Crippen LogP contribution in [-0.4, -0.2) is 46.0 Å². The number of rotatable bonds is 21. The largest absolute Gasteiger partial charge is 0.460 e. The monoisotopic (exact) mass is 537 g/mol. The van der Waals surface area contributed by atoms with Gasteiger partial charge in [0.05, 0.1) is 11.1 Å². The third kappa shape index (κ3) is 14.3. The molecule has 0 rings (SSSR count). The van der Waals surface area contributed by atoms with Crippen molar-refractivity contribution >= 4 is 17.8 Å². The van der Waals surface area contributed by atoms with Gasteiger partial charge >= 0.3 is 11.9 Å². The van der Waals surface area contributed by atoms with Crippen LogP contribution in [0.5, 0.6) is 0 Å². The molecular weight excluding hydrogens is 478 g/mol. The molecule has 38 heavy (non-hydrogen) atoms. The molecule has 222 valence electrons. The van der Waals surface area contributed by atoms with Gasteiger partial charge in [0.15, 0.2) is 0 Å². The van der Waals surface area contributed by atoms with Crippen LogP contribution in [0.1, 0.15) is 152 Å². The van der Waals surface area contributed by atoms with E-state index >= 15 is 0 Å². The maximum atomic E-state index is 13.6. The highest BCUT2D eigenvalue weighted by Crippen LogP contribution is 2.34. The number of allylic oxidation sites excluding steroid dienone is 2. The highest BCUT2D eigenvalue weighted by molar-refractivity contribution is 5.78. The second-order valence-electron chi connectivity index (χ2n) is 11.9. The number of hydrogen-bond acceptors (Lipinski definition) is 5. The van der Waals surface area contributed by atoms with Crippen LogP contribution in [0.2, 0.25) is 0 Å². The lowest BCUT2D eigenvalue weighted by Crippen LogP contribution is -2.66. The fourth-order valence-electron chi connectivity index (χ4n) is 4.99. The number of nitrogens with zero attached hydrogens (tertiary/aromatic N) is 1. The molecule has 0 aliphatic carbocycles. The summed E-state index contributed by atoms with van der Waals surface area (Å²) in [5.41, 5.74) is -1.58. The first-order valence-electron chi connectivity index (χ1n) is 15.1. The molecule has 0 N–H and O–H groups in total. The van der Waals surface area contributed by atoms with E-state index in [-0.39, 0.29) is 17.8 Å². The van der Waals surface area contributed by atoms with E-state index in [9.17, 15) is 14.4 Å². The number of ether oxygens (including phenoxy) is 2. The summed E-state index contributed by atoms with van der Waals surface area (Å²) < 4.78 is 11.0. The maximum Gasteiger partial charge on any atom is 0.302 e. The summed E-state index contributed by atoms with van der Waals surface area (Å²) in [4.78, 5) is 38.7. The highest BCUT2D eigenvalue weighted by atomic mass is 16.5. The number of carbonyl (C=O) groups is 3. The van der Waals surface area contributed by atoms with Crippen molar-refractivity contribution in [3.8, 4) is 0 Å². The van der Waals surface area contributed by atoms with Crippen LogP contribution < -0.4 is 0 Å². The van der Waals surface area contributed by atoms with Crippen LogP contribution in [0.3, 0.4) is 0 Å². The SMILES string of the molecule is CCCCCCCC/C=C\CCCCCCCC(=O)N(C(C)(C)C(C)OC(C)=O)C(C)(C)C(C)OC(C)=O. The van der Waals surface area contributed by atoms with E-state index in [1.807, 2.05) is 27.7 Å². The fourth-order valence-corrected chi connectivity index (χ4v) is 4.99. The van der Waals surface area contributed by atoms with Gasteiger partial charge in [-0.2, -0.15) is 0 Å². The standard InChI is InChI=1S/C32H59NO5/c1-10-11-12-13-14-15-16-17-18-19-20-21-22-23-24-25-30(36)33(31(6,7)26(2)37-28(4)34)32(8,9)27(3)38-29(5)35/h17-18,26-27H,10-16,19-25H2,1-9H3/b18-17-. The molecule has 0 aliphatic rings. The molecule has 0 aliphatic heterocycles. The predicted octanol–water partition coefficient (Wildman–Crippen LogP) is 8.31. The first-order chi connectivity index (χ1) is 17.8. The minimum atomic E-state index is -0.789. The van der Waals surface area contributed by atoms with Gasteiger partial charge in [0.25, 0.3) is 0 Å². The second-order valence-corrected chi connectivity index (χ2v) is 11.9. The van der Waals surface area contributed by atoms with Crippen molar-refractivity contribution in [2.24, 2.45) is 0 Å². The average Bonchev–Trinajstić information content (AvgIpc) is 2.80. The van der Waals surface area contributed by atoms with E-state index in [1.165, 1.54) is 71.6 Å². The Bertz CT molecular complexity index is 679. The normalized spacial score (nSPS) is 13.8. The minimum Gasteiger partial charge on any atom is -0.460 e. The van der Waals surface area contributed by atoms with Crippen LogP contribution in [-0.2, 0) is 23.9 Å². The van der Waals surface area contributed by atoms with E-state index < -0.39 is 23.3 Å². The Kier molecular flexibility index (Phi) is 18.3. The number of amides is 1. The first kappa shape index (κ1) is 36.1. The van der Waals surface area contributed by atoms with Crippen molar-refractivity contribution < 1.29 is 23.9 Å². The van der Waals surface area contributed by atoms with Gasteiger partial charge in [-0.1, -0.05) is 70.4 Å². The van der Waals surface area contributed by atoms with E-state index in [1.54, 1.807) is 18.7 Å². The quantitative estimate of drug-likeness (QED) is 0.0836. The van der Waals surface area contributed by atoms with Crippen LogP contribution in [0, 0.1) is 0 Å². The van der Waals surface area contributed by atoms with Gasteiger partial charge in [-0.3, -0.25) is 14.4 Å². The Hall–Kier alpha value is -1.85. The van der Waals surface area contributed by atoms with E-state index in [4.69, 9.17) is 9.47 Å². The van der Waals surface area contributed by atoms with Crippen LogP contribution >= 0.6 is 0 Å². The molecular formula is C32H59NO5. The Morgan fingerprint density at radius 1 is 0.658 bits per heavy atom. The lowest BCUT2D eigenvalue weighted by Gasteiger charge is -2.52. The molecule has 6 nitrogen and oxygen atoms in total. The maximum absolute atomic E-state index is 13.6. The smallest absolute Gasteiger partial charge is 0.302 e. The van der Waals surface area contributed by atoms with Gasteiger partial charge < -0.3 is 14.4 Å². The summed E-state index contributed by atoms with van der Waals surface area (Å²) in [6, 6.07) is 0. The predicted molar refractivity (Wildman–Crippen MR) is 157 cm³/mol. The van der Waals surface area contributed by atoms with Gasteiger partial charge in [-0.05, 0) is 73.6 Å². The Morgan fingerprint density at radius 2 is 1.03 bits per heavy atom. The molecule has 2 unspecified atom stereocenters. The van der Waals surface area contributed by atoms with Crippen LogP contribution in [0.4, 0.5) is 0 Å². The van der Waals surface area contributed by atoms with Crippen molar-refractivity contribution in [2.75, 3.05) is 0 Å². The van der Waals surface area contributed by atoms with Crippen molar-refractivity contribution in [3.05, 3.63) is 12.2 Å². The van der Waals surface area contributed by atoms with Crippen molar-refractivity contribution in [3.63, 3.8) is 0 Å². The fraction of sp³-hybridized carbons (Fsp3) is 0.844. The van der Waals surface area contributed by atoms with Gasteiger partial charge in [0.1, 0.15) is 12.2 Å². The molecule has 0 radical (unpaired) electrons. The Labute approximate surface area is 234 Å². The molecule has 0 aromatic carbocycles. The summed E-state index contributed by atoms with van der Waals surface area (Å²) in [5, 5.41) is 0. The van der Waals surface area contributed by atoms with Crippen LogP contribution in [0.15, 0.2) is 12.2 Å². The minimum absolute atomic E-state index is 0.0179. The van der Waals surface area contributed by atoms with Crippen molar-refractivity contribution in [2.45, 2.75) is 175 Å². The Balaban J connectivity index is 4.71. The molecule has 0 spiro atoms. The molecule has 0 bridgehead atoms. The molecule has 0 aromatic heterocycles. The summed E-state index contributed by atoms with van der Waals surface area (Å²) in [6.45, 7) is 16.2. The van der Waals surface area contributed by atoms with Gasteiger partial charge in [0, 0.05) is 20.3 Å². The molecule has 0 saturated heterocycles. The topological polar surface area (TPSA) is 72.9 Å². The second kappa shape index (κ2) is 19.2. The van der Waals surface area contributed by atoms with E-state index in [0.717, 1.165) is 25.7 Å². The summed E-state index contributed by atoms with van der Waals surface area (Å²) in [7, 11) is 0. The third-order valence-electron chi connectivity index (χ3n) is 7.73. The van der Waals surface area contributed by atoms with Gasteiger partial charge in [-0.25, -0.2) is 0 Å². The molecule has 2 atom stereocenters. The zero-order valence-electron chi connectivity index (χ0n) is 26.2. The van der Waals surface area contributed by atoms with Gasteiger partial charge in [-0.15, -0.1) is 0 Å². The lowest BCUT2D eigenvalue weighted by molar-refractivity contribution is -0.177. The summed E-state index contributed by atoms with van der Waals surface area (Å²) >= 11 is 0. The summed E-state index contributed by atoms with van der Waals surface area (Å²) in [6.07, 6.45) is 19.7. The summed E-state index contributed by atoms with van der Waals surface area (Å²) in [5.74, 6) is -0.794. The lowest BCUT2D eigenvalue weighted by atomic mass is 9.85. The average molecular weight is 538 g/mol. The number of esters is 2. The zero-order chi connectivity index (χ0) is 29.2. The molecule has 0 aromatic rings. The molecule has 0 fully saturated rings. The van der Waals surface area contributed by atoms with Crippen molar-refractivity contribution in [1.29, 1.82) is 0 Å². The van der Waals surface area contributed by atoms with E-state index in [0.29, 0.717) is 6.42 Å². The first-order valence-corrected chi connectivity index (χ1v) is 15.1. The number of carbonyl (C=O) groups excluding carboxylic acids is 3. The highest BCUT2D eigenvalue weighted by Gasteiger charge is 2.48. The third-order valence-corrected chi connectivity index (χ3v) is 7.73. The molecule has 1 amide bonds. The number of hydrogen-bond donors (Lipinski definition) is 0. The zero-order valence-corrected chi connectivity index (χ0v) is 26.2. The van der Waals surface area contributed by atoms with Crippen molar-refractivity contribution in [1.82, 2.24) is 4.90 Å². The Morgan fingerprint density at radius 3 is 1.42 bits per heavy atom. The molecule has 6 heteroatoms. The molecule has 0 saturated carbocycles. The van der Waals surface area contributed by atoms with Crippen LogP contribution in [0.25, 0.3) is 0 Å².